The molecule has 3 N–H and O–H groups in total. The van der Waals surface area contributed by atoms with Crippen molar-refractivity contribution in [3.05, 3.63) is 65.2 Å². The van der Waals surface area contributed by atoms with Crippen molar-refractivity contribution in [1.82, 2.24) is 5.32 Å². The van der Waals surface area contributed by atoms with Crippen LogP contribution in [-0.2, 0) is 9.59 Å². The fourth-order valence-corrected chi connectivity index (χ4v) is 3.16. The highest BCUT2D eigenvalue weighted by atomic mass is 35.5. The van der Waals surface area contributed by atoms with E-state index in [0.29, 0.717) is 10.7 Å². The lowest BCUT2D eigenvalue weighted by Gasteiger charge is -2.24. The van der Waals surface area contributed by atoms with Crippen LogP contribution in [0, 0.1) is 0 Å². The highest BCUT2D eigenvalue weighted by Crippen LogP contribution is 2.20. The second-order valence-corrected chi connectivity index (χ2v) is 7.44. The monoisotopic (exact) mass is 402 g/mol. The van der Waals surface area contributed by atoms with E-state index in [9.17, 15) is 9.59 Å². The molecule has 2 amide bonds. The number of amides is 2. The molecule has 0 spiro atoms. The topological polar surface area (TPSA) is 62.6 Å². The molecule has 6 heteroatoms. The Balaban J connectivity index is 1.93. The van der Waals surface area contributed by atoms with Gasteiger partial charge in [0.05, 0.1) is 23.8 Å². The van der Waals surface area contributed by atoms with E-state index >= 15 is 0 Å². The standard InChI is InChI=1S/C22H28ClN3O2/c1-4-10-19(17-11-6-5-7-12-17)25-22(28)16(2)26(3)15-21(27)24-20-14-9-8-13-18(20)23/h5-9,11-14,16,19H,4,10,15H2,1-3H3,(H,24,27)(H,25,28)/p+1/t16-,19+/m0/s1. The molecule has 0 radical (unpaired) electrons. The highest BCUT2D eigenvalue weighted by Gasteiger charge is 2.26. The van der Waals surface area contributed by atoms with Crippen LogP contribution in [0.5, 0.6) is 0 Å². The minimum Gasteiger partial charge on any atom is -0.344 e. The van der Waals surface area contributed by atoms with Gasteiger partial charge in [0.2, 0.25) is 0 Å². The molecule has 0 aliphatic rings. The Kier molecular flexibility index (Phi) is 8.48. The van der Waals surface area contributed by atoms with Crippen molar-refractivity contribution >= 4 is 29.1 Å². The van der Waals surface area contributed by atoms with Crippen molar-refractivity contribution in [2.45, 2.75) is 38.8 Å². The summed E-state index contributed by atoms with van der Waals surface area (Å²) in [5.41, 5.74) is 1.67. The lowest BCUT2D eigenvalue weighted by molar-refractivity contribution is -0.885. The summed E-state index contributed by atoms with van der Waals surface area (Å²) < 4.78 is 0. The van der Waals surface area contributed by atoms with Crippen LogP contribution in [0.4, 0.5) is 5.69 Å². The summed E-state index contributed by atoms with van der Waals surface area (Å²) in [7, 11) is 1.84. The molecule has 150 valence electrons. The molecular weight excluding hydrogens is 374 g/mol. The Morgan fingerprint density at radius 2 is 1.71 bits per heavy atom. The largest absolute Gasteiger partial charge is 0.344 e. The molecule has 0 aromatic heterocycles. The fourth-order valence-electron chi connectivity index (χ4n) is 2.98. The van der Waals surface area contributed by atoms with E-state index < -0.39 is 0 Å². The zero-order chi connectivity index (χ0) is 20.5. The van der Waals surface area contributed by atoms with Gasteiger partial charge in [-0.2, -0.15) is 0 Å². The molecule has 0 bridgehead atoms. The average molecular weight is 403 g/mol. The first kappa shape index (κ1) is 21.9. The third kappa shape index (κ3) is 6.36. The minimum absolute atomic E-state index is 0.0223. The number of anilines is 1. The third-order valence-corrected chi connectivity index (χ3v) is 5.15. The Morgan fingerprint density at radius 3 is 2.36 bits per heavy atom. The number of hydrogen-bond donors (Lipinski definition) is 3. The molecule has 2 aromatic carbocycles. The normalized spacial score (nSPS) is 14.0. The number of hydrogen-bond acceptors (Lipinski definition) is 2. The second-order valence-electron chi connectivity index (χ2n) is 7.03. The van der Waals surface area contributed by atoms with Gasteiger partial charge >= 0.3 is 0 Å². The molecule has 0 aliphatic heterocycles. The van der Waals surface area contributed by atoms with E-state index in [4.69, 9.17) is 11.6 Å². The number of para-hydroxylation sites is 1. The molecule has 2 aromatic rings. The molecule has 2 rings (SSSR count). The minimum atomic E-state index is -0.361. The van der Waals surface area contributed by atoms with Crippen molar-refractivity contribution in [3.8, 4) is 0 Å². The molecule has 0 heterocycles. The highest BCUT2D eigenvalue weighted by molar-refractivity contribution is 6.33. The van der Waals surface area contributed by atoms with Gasteiger partial charge < -0.3 is 15.5 Å². The van der Waals surface area contributed by atoms with Gasteiger partial charge in [0, 0.05) is 0 Å². The molecule has 0 saturated heterocycles. The second kappa shape index (κ2) is 10.8. The van der Waals surface area contributed by atoms with Crippen molar-refractivity contribution in [1.29, 1.82) is 0 Å². The number of benzene rings is 2. The summed E-state index contributed by atoms with van der Waals surface area (Å²) in [6, 6.07) is 16.7. The number of nitrogens with one attached hydrogen (secondary N) is 3. The van der Waals surface area contributed by atoms with E-state index in [0.717, 1.165) is 23.3 Å². The maximum Gasteiger partial charge on any atom is 0.279 e. The summed E-state index contributed by atoms with van der Waals surface area (Å²) in [6.07, 6.45) is 1.84. The number of likely N-dealkylation sites (N-methyl/N-ethyl adjacent to an activating group) is 1. The first-order valence-corrected chi connectivity index (χ1v) is 10.0. The summed E-state index contributed by atoms with van der Waals surface area (Å²) in [5, 5.41) is 6.42. The van der Waals surface area contributed by atoms with E-state index in [1.54, 1.807) is 18.2 Å². The lowest BCUT2D eigenvalue weighted by atomic mass is 10.0. The van der Waals surface area contributed by atoms with E-state index in [1.165, 1.54) is 0 Å². The van der Waals surface area contributed by atoms with Gasteiger partial charge in [-0.15, -0.1) is 0 Å². The molecule has 3 atom stereocenters. The van der Waals surface area contributed by atoms with Crippen LogP contribution < -0.4 is 15.5 Å². The van der Waals surface area contributed by atoms with Gasteiger partial charge in [0.1, 0.15) is 0 Å². The predicted octanol–water partition coefficient (Wildman–Crippen LogP) is 2.84. The summed E-state index contributed by atoms with van der Waals surface area (Å²) >= 11 is 6.08. The van der Waals surface area contributed by atoms with Crippen LogP contribution in [-0.4, -0.2) is 31.4 Å². The zero-order valence-electron chi connectivity index (χ0n) is 16.7. The Bertz CT molecular complexity index is 782. The number of halogens is 1. The first-order valence-electron chi connectivity index (χ1n) is 9.64. The molecule has 0 fully saturated rings. The first-order chi connectivity index (χ1) is 13.4. The van der Waals surface area contributed by atoms with Gasteiger partial charge in [-0.25, -0.2) is 0 Å². The number of carbonyl (C=O) groups excluding carboxylic acids is 2. The number of quaternary nitrogens is 1. The molecule has 28 heavy (non-hydrogen) atoms. The maximum absolute atomic E-state index is 12.8. The van der Waals surface area contributed by atoms with Gasteiger partial charge in [-0.05, 0) is 31.0 Å². The van der Waals surface area contributed by atoms with Crippen molar-refractivity contribution in [2.75, 3.05) is 18.9 Å². The predicted molar refractivity (Wildman–Crippen MR) is 114 cm³/mol. The fraction of sp³-hybridized carbons (Fsp3) is 0.364. The summed E-state index contributed by atoms with van der Waals surface area (Å²) in [5.74, 6) is -0.247. The molecule has 0 aliphatic carbocycles. The van der Waals surface area contributed by atoms with Gasteiger partial charge in [0.15, 0.2) is 12.6 Å². The Labute approximate surface area is 172 Å². The van der Waals surface area contributed by atoms with E-state index in [-0.39, 0.29) is 30.4 Å². The Hall–Kier alpha value is -2.37. The third-order valence-electron chi connectivity index (χ3n) is 4.82. The number of rotatable bonds is 9. The molecule has 0 saturated carbocycles. The zero-order valence-corrected chi connectivity index (χ0v) is 17.4. The van der Waals surface area contributed by atoms with Crippen LogP contribution in [0.3, 0.4) is 0 Å². The van der Waals surface area contributed by atoms with Crippen molar-refractivity contribution in [3.63, 3.8) is 0 Å². The average Bonchev–Trinajstić information content (AvgIpc) is 2.69. The molecule has 5 nitrogen and oxygen atoms in total. The summed E-state index contributed by atoms with van der Waals surface area (Å²) in [4.78, 5) is 25.9. The molecular formula is C22H29ClN3O2+. The molecule has 1 unspecified atom stereocenters. The lowest BCUT2D eigenvalue weighted by Crippen LogP contribution is -3.15. The Morgan fingerprint density at radius 1 is 1.07 bits per heavy atom. The summed E-state index contributed by atoms with van der Waals surface area (Å²) in [6.45, 7) is 4.10. The van der Waals surface area contributed by atoms with Crippen LogP contribution in [0.25, 0.3) is 0 Å². The maximum atomic E-state index is 12.8. The van der Waals surface area contributed by atoms with Crippen LogP contribution in [0.2, 0.25) is 5.02 Å². The smallest absolute Gasteiger partial charge is 0.279 e. The van der Waals surface area contributed by atoms with Gasteiger partial charge in [-0.1, -0.05) is 67.4 Å². The van der Waals surface area contributed by atoms with Crippen molar-refractivity contribution in [2.24, 2.45) is 0 Å². The van der Waals surface area contributed by atoms with Crippen molar-refractivity contribution < 1.29 is 14.5 Å². The van der Waals surface area contributed by atoms with Crippen LogP contribution >= 0.6 is 11.6 Å². The van der Waals surface area contributed by atoms with Crippen LogP contribution in [0.15, 0.2) is 54.6 Å². The van der Waals surface area contributed by atoms with E-state index in [1.807, 2.05) is 50.4 Å². The van der Waals surface area contributed by atoms with Crippen LogP contribution in [0.1, 0.15) is 38.3 Å². The van der Waals surface area contributed by atoms with E-state index in [2.05, 4.69) is 17.6 Å². The van der Waals surface area contributed by atoms with Gasteiger partial charge in [-0.3, -0.25) is 9.59 Å². The number of carbonyl (C=O) groups is 2. The SMILES string of the molecule is CCC[C@@H](NC(=O)[C@H](C)[NH+](C)CC(=O)Nc1ccccc1Cl)c1ccccc1. The quantitative estimate of drug-likeness (QED) is 0.604. The van der Waals surface area contributed by atoms with Gasteiger partial charge in [0.25, 0.3) is 11.8 Å².